The zero-order valence-electron chi connectivity index (χ0n) is 11.6. The van der Waals surface area contributed by atoms with Crippen LogP contribution >= 0.6 is 0 Å². The fourth-order valence-corrected chi connectivity index (χ4v) is 2.60. The summed E-state index contributed by atoms with van der Waals surface area (Å²) in [5.74, 6) is 1.02. The van der Waals surface area contributed by atoms with Gasteiger partial charge >= 0.3 is 0 Å². The number of nitrogens with zero attached hydrogens (tertiary/aromatic N) is 1. The van der Waals surface area contributed by atoms with E-state index in [2.05, 4.69) is 24.1 Å². The van der Waals surface area contributed by atoms with Gasteiger partial charge in [0.2, 0.25) is 5.91 Å². The Morgan fingerprint density at radius 2 is 2.21 bits per heavy atom. The highest BCUT2D eigenvalue weighted by atomic mass is 16.5. The van der Waals surface area contributed by atoms with Crippen molar-refractivity contribution in [2.75, 3.05) is 13.2 Å². The number of nitrogens with one attached hydrogen (secondary N) is 1. The van der Waals surface area contributed by atoms with Crippen molar-refractivity contribution in [3.8, 4) is 0 Å². The monoisotopic (exact) mass is 262 g/mol. The van der Waals surface area contributed by atoms with E-state index in [-0.39, 0.29) is 12.0 Å². The Balaban J connectivity index is 1.77. The first-order valence-electron chi connectivity index (χ1n) is 6.94. The minimum atomic E-state index is 0.0700. The lowest BCUT2D eigenvalue weighted by Crippen LogP contribution is -2.35. The van der Waals surface area contributed by atoms with Crippen molar-refractivity contribution in [3.05, 3.63) is 30.1 Å². The number of carbonyl (C=O) groups is 1. The second-order valence-electron chi connectivity index (χ2n) is 5.46. The van der Waals surface area contributed by atoms with Crippen LogP contribution < -0.4 is 5.32 Å². The van der Waals surface area contributed by atoms with Gasteiger partial charge < -0.3 is 10.1 Å². The van der Waals surface area contributed by atoms with Crippen LogP contribution in [0.4, 0.5) is 0 Å². The molecule has 1 fully saturated rings. The smallest absolute Gasteiger partial charge is 0.224 e. The van der Waals surface area contributed by atoms with Gasteiger partial charge in [0.05, 0.1) is 12.5 Å². The number of carbonyl (C=O) groups excluding carboxylic acids is 1. The van der Waals surface area contributed by atoms with Crippen LogP contribution in [-0.2, 0) is 16.0 Å². The van der Waals surface area contributed by atoms with Gasteiger partial charge in [-0.3, -0.25) is 9.78 Å². The van der Waals surface area contributed by atoms with Crippen molar-refractivity contribution in [1.82, 2.24) is 10.3 Å². The summed E-state index contributed by atoms with van der Waals surface area (Å²) in [6.07, 6.45) is 5.16. The van der Waals surface area contributed by atoms with E-state index in [0.717, 1.165) is 18.6 Å². The highest BCUT2D eigenvalue weighted by molar-refractivity contribution is 5.78. The van der Waals surface area contributed by atoms with E-state index in [1.807, 2.05) is 12.1 Å². The summed E-state index contributed by atoms with van der Waals surface area (Å²) >= 11 is 0. The maximum Gasteiger partial charge on any atom is 0.224 e. The molecule has 1 aliphatic rings. The SMILES string of the molecule is CC(C)[C@H]1OCC[C@@H]1CNC(=O)Cc1ccncc1. The van der Waals surface area contributed by atoms with Gasteiger partial charge in [-0.25, -0.2) is 0 Å². The fraction of sp³-hybridized carbons (Fsp3) is 0.600. The topological polar surface area (TPSA) is 51.2 Å². The van der Waals surface area contributed by atoms with Crippen molar-refractivity contribution in [3.63, 3.8) is 0 Å². The van der Waals surface area contributed by atoms with Crippen LogP contribution in [0.25, 0.3) is 0 Å². The first kappa shape index (κ1) is 14.0. The molecule has 2 rings (SSSR count). The van der Waals surface area contributed by atoms with Crippen molar-refractivity contribution in [2.45, 2.75) is 32.8 Å². The standard InChI is InChI=1S/C15H22N2O2/c1-11(2)15-13(5-8-19-15)10-17-14(18)9-12-3-6-16-7-4-12/h3-4,6-7,11,13,15H,5,8-10H2,1-2H3,(H,17,18)/t13-,15-/m1/s1. The minimum Gasteiger partial charge on any atom is -0.378 e. The van der Waals surface area contributed by atoms with Crippen LogP contribution in [0.1, 0.15) is 25.8 Å². The first-order valence-corrected chi connectivity index (χ1v) is 6.94. The molecule has 0 aromatic carbocycles. The molecule has 0 radical (unpaired) electrons. The molecule has 4 nitrogen and oxygen atoms in total. The van der Waals surface area contributed by atoms with Gasteiger partial charge in [-0.1, -0.05) is 13.8 Å². The molecule has 0 spiro atoms. The van der Waals surface area contributed by atoms with Crippen LogP contribution in [0.15, 0.2) is 24.5 Å². The lowest BCUT2D eigenvalue weighted by molar-refractivity contribution is -0.120. The van der Waals surface area contributed by atoms with Crippen molar-refractivity contribution in [1.29, 1.82) is 0 Å². The summed E-state index contributed by atoms with van der Waals surface area (Å²) in [4.78, 5) is 15.8. The molecule has 1 aromatic rings. The molecule has 19 heavy (non-hydrogen) atoms. The summed E-state index contributed by atoms with van der Waals surface area (Å²) < 4.78 is 5.72. The maximum absolute atomic E-state index is 11.9. The molecular formula is C15H22N2O2. The molecule has 2 atom stereocenters. The fourth-order valence-electron chi connectivity index (χ4n) is 2.60. The molecule has 1 amide bonds. The number of pyridine rings is 1. The summed E-state index contributed by atoms with van der Waals surface area (Å²) in [7, 11) is 0. The van der Waals surface area contributed by atoms with Crippen molar-refractivity contribution in [2.24, 2.45) is 11.8 Å². The Morgan fingerprint density at radius 1 is 1.47 bits per heavy atom. The van der Waals surface area contributed by atoms with Crippen LogP contribution in [0.5, 0.6) is 0 Å². The Bertz CT molecular complexity index is 406. The number of hydrogen-bond acceptors (Lipinski definition) is 3. The van der Waals surface area contributed by atoms with Gasteiger partial charge in [0.1, 0.15) is 0 Å². The van der Waals surface area contributed by atoms with Gasteiger partial charge in [-0.15, -0.1) is 0 Å². The maximum atomic E-state index is 11.9. The van der Waals surface area contributed by atoms with Gasteiger partial charge in [0.25, 0.3) is 0 Å². The number of aromatic nitrogens is 1. The van der Waals surface area contributed by atoms with Crippen molar-refractivity contribution >= 4 is 5.91 Å². The van der Waals surface area contributed by atoms with Gasteiger partial charge in [0, 0.05) is 31.5 Å². The average Bonchev–Trinajstić information content (AvgIpc) is 2.86. The Labute approximate surface area is 114 Å². The highest BCUT2D eigenvalue weighted by Crippen LogP contribution is 2.26. The summed E-state index contributed by atoms with van der Waals surface area (Å²) in [6, 6.07) is 3.74. The number of hydrogen-bond donors (Lipinski definition) is 1. The molecule has 1 N–H and O–H groups in total. The largest absolute Gasteiger partial charge is 0.378 e. The molecule has 0 aliphatic carbocycles. The highest BCUT2D eigenvalue weighted by Gasteiger charge is 2.30. The zero-order chi connectivity index (χ0) is 13.7. The number of ether oxygens (including phenoxy) is 1. The van der Waals surface area contributed by atoms with Gasteiger partial charge in [-0.05, 0) is 30.0 Å². The summed E-state index contributed by atoms with van der Waals surface area (Å²) in [6.45, 7) is 5.87. The predicted molar refractivity (Wildman–Crippen MR) is 73.6 cm³/mol. The number of amides is 1. The summed E-state index contributed by atoms with van der Waals surface area (Å²) in [5, 5.41) is 3.02. The lowest BCUT2D eigenvalue weighted by atomic mass is 9.93. The second-order valence-corrected chi connectivity index (χ2v) is 5.46. The van der Waals surface area contributed by atoms with Crippen LogP contribution in [-0.4, -0.2) is 30.1 Å². The zero-order valence-corrected chi connectivity index (χ0v) is 11.6. The third-order valence-corrected chi connectivity index (χ3v) is 3.60. The van der Waals surface area contributed by atoms with E-state index in [1.165, 1.54) is 0 Å². The number of rotatable bonds is 5. The van der Waals surface area contributed by atoms with Gasteiger partial charge in [-0.2, -0.15) is 0 Å². The van der Waals surface area contributed by atoms with E-state index in [1.54, 1.807) is 12.4 Å². The third-order valence-electron chi connectivity index (χ3n) is 3.60. The molecule has 1 aromatic heterocycles. The molecule has 4 heteroatoms. The van der Waals surface area contributed by atoms with E-state index >= 15 is 0 Å². The molecule has 0 unspecified atom stereocenters. The Morgan fingerprint density at radius 3 is 2.89 bits per heavy atom. The molecule has 2 heterocycles. The minimum absolute atomic E-state index is 0.0700. The first-order chi connectivity index (χ1) is 9.16. The molecule has 1 aliphatic heterocycles. The summed E-state index contributed by atoms with van der Waals surface area (Å²) in [5.41, 5.74) is 0.996. The molecular weight excluding hydrogens is 240 g/mol. The quantitative estimate of drug-likeness (QED) is 0.880. The van der Waals surface area contributed by atoms with E-state index in [9.17, 15) is 4.79 Å². The van der Waals surface area contributed by atoms with Crippen LogP contribution in [0.2, 0.25) is 0 Å². The Kier molecular flexibility index (Phi) is 4.91. The molecule has 0 bridgehead atoms. The van der Waals surface area contributed by atoms with E-state index < -0.39 is 0 Å². The van der Waals surface area contributed by atoms with Gasteiger partial charge in [0.15, 0.2) is 0 Å². The Hall–Kier alpha value is -1.42. The van der Waals surface area contributed by atoms with Crippen molar-refractivity contribution < 1.29 is 9.53 Å². The second kappa shape index (κ2) is 6.66. The third kappa shape index (κ3) is 4.03. The van der Waals surface area contributed by atoms with E-state index in [4.69, 9.17) is 4.74 Å². The predicted octanol–water partition coefficient (Wildman–Crippen LogP) is 1.80. The average molecular weight is 262 g/mol. The molecule has 104 valence electrons. The molecule has 0 saturated carbocycles. The lowest BCUT2D eigenvalue weighted by Gasteiger charge is -2.22. The van der Waals surface area contributed by atoms with E-state index in [0.29, 0.717) is 24.8 Å². The molecule has 1 saturated heterocycles. The normalized spacial score (nSPS) is 22.7. The van der Waals surface area contributed by atoms with Crippen LogP contribution in [0, 0.1) is 11.8 Å². The van der Waals surface area contributed by atoms with Crippen LogP contribution in [0.3, 0.4) is 0 Å².